The first-order valence-electron chi connectivity index (χ1n) is 7.21. The molecule has 0 amide bonds. The zero-order valence-electron chi connectivity index (χ0n) is 13.1. The summed E-state index contributed by atoms with van der Waals surface area (Å²) in [6.45, 7) is 17.6. The lowest BCUT2D eigenvalue weighted by Crippen LogP contribution is -2.46. The molecule has 0 saturated heterocycles. The molecule has 2 unspecified atom stereocenters. The average molecular weight is 239 g/mol. The van der Waals surface area contributed by atoms with E-state index in [1.54, 1.807) is 0 Å². The third kappa shape index (κ3) is 3.24. The van der Waals surface area contributed by atoms with Gasteiger partial charge in [-0.05, 0) is 53.9 Å². The van der Waals surface area contributed by atoms with Gasteiger partial charge in [0.2, 0.25) is 0 Å². The minimum Gasteiger partial charge on any atom is -0.330 e. The van der Waals surface area contributed by atoms with Gasteiger partial charge in [-0.1, -0.05) is 48.5 Å². The summed E-state index contributed by atoms with van der Waals surface area (Å²) in [6.07, 6.45) is 4.06. The second kappa shape index (κ2) is 4.57. The van der Waals surface area contributed by atoms with Crippen molar-refractivity contribution in [2.24, 2.45) is 33.8 Å². The molecule has 1 rings (SSSR count). The molecule has 0 aromatic heterocycles. The van der Waals surface area contributed by atoms with Gasteiger partial charge < -0.3 is 5.73 Å². The summed E-state index contributed by atoms with van der Waals surface area (Å²) in [4.78, 5) is 0. The van der Waals surface area contributed by atoms with Gasteiger partial charge in [-0.25, -0.2) is 0 Å². The summed E-state index contributed by atoms with van der Waals surface area (Å²) in [7, 11) is 0. The van der Waals surface area contributed by atoms with Crippen molar-refractivity contribution in [3.05, 3.63) is 0 Å². The molecule has 2 N–H and O–H groups in total. The van der Waals surface area contributed by atoms with Crippen LogP contribution < -0.4 is 5.73 Å². The molecule has 17 heavy (non-hydrogen) atoms. The first kappa shape index (κ1) is 15.0. The molecular formula is C16H33N. The van der Waals surface area contributed by atoms with Gasteiger partial charge in [0.05, 0.1) is 0 Å². The van der Waals surface area contributed by atoms with E-state index in [0.29, 0.717) is 22.2 Å². The molecule has 2 atom stereocenters. The minimum absolute atomic E-state index is 0.333. The van der Waals surface area contributed by atoms with Gasteiger partial charge in [0.1, 0.15) is 0 Å². The second-order valence-corrected chi connectivity index (χ2v) is 8.57. The number of hydrogen-bond donors (Lipinski definition) is 1. The Morgan fingerprint density at radius 1 is 1.18 bits per heavy atom. The maximum Gasteiger partial charge on any atom is -0.00437 e. The molecule has 0 radical (unpaired) electrons. The fourth-order valence-electron chi connectivity index (χ4n) is 3.83. The highest BCUT2D eigenvalue weighted by atomic mass is 14.6. The molecule has 1 fully saturated rings. The highest BCUT2D eigenvalue weighted by molar-refractivity contribution is 4.98. The highest BCUT2D eigenvalue weighted by Crippen LogP contribution is 2.57. The molecule has 1 saturated carbocycles. The second-order valence-electron chi connectivity index (χ2n) is 8.57. The fraction of sp³-hybridized carbons (Fsp3) is 1.00. The van der Waals surface area contributed by atoms with E-state index in [4.69, 9.17) is 5.73 Å². The summed E-state index contributed by atoms with van der Waals surface area (Å²) >= 11 is 0. The number of nitrogens with two attached hydrogens (primary N) is 1. The van der Waals surface area contributed by atoms with Crippen molar-refractivity contribution in [1.29, 1.82) is 0 Å². The van der Waals surface area contributed by atoms with Crippen molar-refractivity contribution < 1.29 is 0 Å². The minimum atomic E-state index is 0.333. The molecule has 102 valence electrons. The van der Waals surface area contributed by atoms with Gasteiger partial charge in [0.25, 0.3) is 0 Å². The lowest BCUT2D eigenvalue weighted by Gasteiger charge is -2.54. The Morgan fingerprint density at radius 2 is 1.71 bits per heavy atom. The summed E-state index contributed by atoms with van der Waals surface area (Å²) in [5.74, 6) is 1.50. The van der Waals surface area contributed by atoms with E-state index in [9.17, 15) is 0 Å². The van der Waals surface area contributed by atoms with Crippen LogP contribution in [-0.4, -0.2) is 6.54 Å². The van der Waals surface area contributed by atoms with E-state index in [1.165, 1.54) is 19.3 Å². The standard InChI is InChI=1S/C16H33N/c1-14(2,3)12(11-17)10-16(6,7)13-8-9-15(13,4)5/h12-13H,8-11,17H2,1-7H3. The van der Waals surface area contributed by atoms with Crippen LogP contribution in [0.1, 0.15) is 67.7 Å². The Kier molecular flexibility index (Phi) is 4.04. The van der Waals surface area contributed by atoms with Gasteiger partial charge in [-0.15, -0.1) is 0 Å². The van der Waals surface area contributed by atoms with Crippen LogP contribution in [0.25, 0.3) is 0 Å². The SMILES string of the molecule is CC(C)(C)C(CN)CC(C)(C)C1CCC1(C)C. The van der Waals surface area contributed by atoms with Crippen LogP contribution in [0.2, 0.25) is 0 Å². The van der Waals surface area contributed by atoms with Crippen LogP contribution in [0, 0.1) is 28.1 Å². The lowest BCUT2D eigenvalue weighted by atomic mass is 9.51. The van der Waals surface area contributed by atoms with E-state index in [-0.39, 0.29) is 0 Å². The Balaban J connectivity index is 2.72. The number of rotatable bonds is 4. The molecule has 0 bridgehead atoms. The first-order valence-corrected chi connectivity index (χ1v) is 7.21. The molecule has 0 aromatic rings. The largest absolute Gasteiger partial charge is 0.330 e. The predicted octanol–water partition coefficient (Wildman–Crippen LogP) is 4.46. The van der Waals surface area contributed by atoms with Crippen molar-refractivity contribution in [1.82, 2.24) is 0 Å². The Hall–Kier alpha value is -0.0400. The monoisotopic (exact) mass is 239 g/mol. The Labute approximate surface area is 109 Å². The van der Waals surface area contributed by atoms with Crippen LogP contribution in [0.4, 0.5) is 0 Å². The third-order valence-corrected chi connectivity index (χ3v) is 5.25. The summed E-state index contributed by atoms with van der Waals surface area (Å²) in [5, 5.41) is 0. The van der Waals surface area contributed by atoms with Gasteiger partial charge >= 0.3 is 0 Å². The van der Waals surface area contributed by atoms with Crippen molar-refractivity contribution in [3.63, 3.8) is 0 Å². The van der Waals surface area contributed by atoms with Crippen molar-refractivity contribution in [2.75, 3.05) is 6.54 Å². The Morgan fingerprint density at radius 3 is 1.94 bits per heavy atom. The van der Waals surface area contributed by atoms with Crippen LogP contribution in [0.3, 0.4) is 0 Å². The van der Waals surface area contributed by atoms with Crippen molar-refractivity contribution >= 4 is 0 Å². The van der Waals surface area contributed by atoms with Crippen molar-refractivity contribution in [3.8, 4) is 0 Å². The lowest BCUT2D eigenvalue weighted by molar-refractivity contribution is -0.0453. The molecule has 0 spiro atoms. The van der Waals surface area contributed by atoms with E-state index in [2.05, 4.69) is 48.5 Å². The average Bonchev–Trinajstić information content (AvgIpc) is 2.10. The molecular weight excluding hydrogens is 206 g/mol. The molecule has 1 nitrogen and oxygen atoms in total. The fourth-order valence-corrected chi connectivity index (χ4v) is 3.83. The quantitative estimate of drug-likeness (QED) is 0.770. The van der Waals surface area contributed by atoms with Crippen molar-refractivity contribution in [2.45, 2.75) is 67.7 Å². The van der Waals surface area contributed by atoms with Gasteiger partial charge in [-0.3, -0.25) is 0 Å². The van der Waals surface area contributed by atoms with Crippen LogP contribution in [0.15, 0.2) is 0 Å². The normalized spacial score (nSPS) is 26.5. The third-order valence-electron chi connectivity index (χ3n) is 5.25. The summed E-state index contributed by atoms with van der Waals surface area (Å²) in [6, 6.07) is 0. The molecule has 1 heteroatoms. The van der Waals surface area contributed by atoms with E-state index < -0.39 is 0 Å². The van der Waals surface area contributed by atoms with Gasteiger partial charge in [0.15, 0.2) is 0 Å². The Bertz CT molecular complexity index is 257. The van der Waals surface area contributed by atoms with Crippen LogP contribution in [-0.2, 0) is 0 Å². The van der Waals surface area contributed by atoms with Crippen LogP contribution in [0.5, 0.6) is 0 Å². The van der Waals surface area contributed by atoms with E-state index in [1.807, 2.05) is 0 Å². The first-order chi connectivity index (χ1) is 7.50. The molecule has 0 heterocycles. The predicted molar refractivity (Wildman–Crippen MR) is 76.9 cm³/mol. The maximum atomic E-state index is 5.99. The zero-order chi connectivity index (χ0) is 13.5. The molecule has 0 aromatic carbocycles. The zero-order valence-corrected chi connectivity index (χ0v) is 13.1. The topological polar surface area (TPSA) is 26.0 Å². The molecule has 1 aliphatic rings. The molecule has 1 aliphatic carbocycles. The van der Waals surface area contributed by atoms with E-state index >= 15 is 0 Å². The smallest absolute Gasteiger partial charge is 0.00437 e. The molecule has 0 aliphatic heterocycles. The maximum absolute atomic E-state index is 5.99. The van der Waals surface area contributed by atoms with Gasteiger partial charge in [0, 0.05) is 0 Å². The summed E-state index contributed by atoms with van der Waals surface area (Å²) < 4.78 is 0. The van der Waals surface area contributed by atoms with E-state index in [0.717, 1.165) is 12.5 Å². The van der Waals surface area contributed by atoms with Gasteiger partial charge in [-0.2, -0.15) is 0 Å². The number of hydrogen-bond acceptors (Lipinski definition) is 1. The summed E-state index contributed by atoms with van der Waals surface area (Å²) in [5.41, 5.74) is 7.30. The van der Waals surface area contributed by atoms with Crippen LogP contribution >= 0.6 is 0 Å². The highest BCUT2D eigenvalue weighted by Gasteiger charge is 2.48.